The second-order valence-corrected chi connectivity index (χ2v) is 7.48. The number of hydrogen-bond acceptors (Lipinski definition) is 8. The van der Waals surface area contributed by atoms with Crippen molar-refractivity contribution in [1.82, 2.24) is 24.3 Å². The minimum atomic E-state index is -0.518. The molecule has 10 nitrogen and oxygen atoms in total. The van der Waals surface area contributed by atoms with Crippen molar-refractivity contribution in [2.24, 2.45) is 5.92 Å². The fourth-order valence-corrected chi connectivity index (χ4v) is 3.48. The number of ether oxygens (including phenoxy) is 2. The quantitative estimate of drug-likeness (QED) is 0.576. The summed E-state index contributed by atoms with van der Waals surface area (Å²) in [5.41, 5.74) is 1.04. The summed E-state index contributed by atoms with van der Waals surface area (Å²) in [5, 5.41) is 4.00. The lowest BCUT2D eigenvalue weighted by atomic mass is 10.2. The average Bonchev–Trinajstić information content (AvgIpc) is 3.44. The number of esters is 1. The van der Waals surface area contributed by atoms with Gasteiger partial charge in [0.05, 0.1) is 24.7 Å². The van der Waals surface area contributed by atoms with E-state index < -0.39 is 5.97 Å². The second-order valence-electron chi connectivity index (χ2n) is 7.48. The van der Waals surface area contributed by atoms with Crippen LogP contribution in [0.15, 0.2) is 21.6 Å². The number of carbonyl (C=O) groups is 1. The summed E-state index contributed by atoms with van der Waals surface area (Å²) in [5.74, 6) is 0.509. The zero-order chi connectivity index (χ0) is 20.5. The van der Waals surface area contributed by atoms with Crippen LogP contribution in [0.5, 0.6) is 0 Å². The van der Waals surface area contributed by atoms with Gasteiger partial charge in [-0.2, -0.15) is 4.98 Å². The Labute approximate surface area is 166 Å². The molecule has 0 unspecified atom stereocenters. The van der Waals surface area contributed by atoms with Crippen LogP contribution < -0.4 is 5.69 Å². The van der Waals surface area contributed by atoms with Crippen molar-refractivity contribution in [3.8, 4) is 0 Å². The normalized spacial score (nSPS) is 16.8. The third-order valence-electron chi connectivity index (χ3n) is 4.81. The third-order valence-corrected chi connectivity index (χ3v) is 4.81. The van der Waals surface area contributed by atoms with Crippen molar-refractivity contribution in [2.75, 3.05) is 13.7 Å². The molecule has 1 aliphatic heterocycles. The molecule has 0 spiro atoms. The predicted molar refractivity (Wildman–Crippen MR) is 101 cm³/mol. The van der Waals surface area contributed by atoms with E-state index >= 15 is 0 Å². The maximum atomic E-state index is 13.1. The Bertz CT molecular complexity index is 1090. The van der Waals surface area contributed by atoms with Crippen LogP contribution in [-0.2, 0) is 22.6 Å². The van der Waals surface area contributed by atoms with Crippen molar-refractivity contribution in [3.63, 3.8) is 0 Å². The van der Waals surface area contributed by atoms with E-state index in [1.807, 2.05) is 13.8 Å². The van der Waals surface area contributed by atoms with E-state index in [0.717, 1.165) is 12.8 Å². The van der Waals surface area contributed by atoms with E-state index in [2.05, 4.69) is 15.1 Å². The summed E-state index contributed by atoms with van der Waals surface area (Å²) in [7, 11) is 1.30. The van der Waals surface area contributed by atoms with Gasteiger partial charge in [-0.05, 0) is 24.8 Å². The molecule has 0 N–H and O–H groups in total. The molecule has 1 fully saturated rings. The van der Waals surface area contributed by atoms with Gasteiger partial charge in [-0.3, -0.25) is 9.13 Å². The van der Waals surface area contributed by atoms with Crippen LogP contribution in [-0.4, -0.2) is 43.9 Å². The molecule has 0 aromatic carbocycles. The van der Waals surface area contributed by atoms with E-state index in [9.17, 15) is 9.59 Å². The Morgan fingerprint density at radius 2 is 2.21 bits per heavy atom. The van der Waals surface area contributed by atoms with Crippen LogP contribution in [0, 0.1) is 5.92 Å². The Balaban J connectivity index is 1.76. The largest absolute Gasteiger partial charge is 0.465 e. The Kier molecular flexibility index (Phi) is 5.18. The second kappa shape index (κ2) is 7.78. The van der Waals surface area contributed by atoms with Gasteiger partial charge in [0.25, 0.3) is 5.89 Å². The van der Waals surface area contributed by atoms with Gasteiger partial charge in [-0.15, -0.1) is 0 Å². The van der Waals surface area contributed by atoms with Crippen molar-refractivity contribution >= 4 is 17.1 Å². The standard InChI is InChI=1S/C19H23N5O5/c1-11(2)9-24-16-13(7-12(8-20-16)18(25)27-3)23(19(24)26)10-15-21-17(29-22-15)14-5-4-6-28-14/h7-8,11,14H,4-6,9-10H2,1-3H3/t14-/m0/s1. The number of nitrogens with zero attached hydrogens (tertiary/aromatic N) is 5. The molecule has 0 bridgehead atoms. The smallest absolute Gasteiger partial charge is 0.339 e. The molecule has 0 radical (unpaired) electrons. The first-order valence-electron chi connectivity index (χ1n) is 9.59. The summed E-state index contributed by atoms with van der Waals surface area (Å²) in [4.78, 5) is 33.8. The molecule has 4 heterocycles. The van der Waals surface area contributed by atoms with Gasteiger partial charge in [-0.25, -0.2) is 14.6 Å². The average molecular weight is 401 g/mol. The number of imidazole rings is 1. The SMILES string of the molecule is COC(=O)c1cnc2c(c1)n(Cc1noc([C@@H]3CCCO3)n1)c(=O)n2CC(C)C. The zero-order valence-corrected chi connectivity index (χ0v) is 16.6. The fraction of sp³-hybridized carbons (Fsp3) is 0.526. The number of rotatable bonds is 6. The highest BCUT2D eigenvalue weighted by atomic mass is 16.5. The first kappa shape index (κ1) is 19.3. The lowest BCUT2D eigenvalue weighted by molar-refractivity contribution is 0.0600. The maximum Gasteiger partial charge on any atom is 0.339 e. The summed E-state index contributed by atoms with van der Waals surface area (Å²) in [6, 6.07) is 1.60. The monoisotopic (exact) mass is 401 g/mol. The first-order valence-corrected chi connectivity index (χ1v) is 9.59. The summed E-state index contributed by atoms with van der Waals surface area (Å²) >= 11 is 0. The van der Waals surface area contributed by atoms with Gasteiger partial charge in [0.15, 0.2) is 11.5 Å². The molecule has 0 aliphatic carbocycles. The molecule has 10 heteroatoms. The molecule has 4 rings (SSSR count). The maximum absolute atomic E-state index is 13.1. The predicted octanol–water partition coefficient (Wildman–Crippen LogP) is 1.92. The van der Waals surface area contributed by atoms with Crippen molar-refractivity contribution in [3.05, 3.63) is 40.0 Å². The van der Waals surface area contributed by atoms with E-state index in [1.54, 1.807) is 10.6 Å². The number of methoxy groups -OCH3 is 1. The number of pyridine rings is 1. The molecule has 29 heavy (non-hydrogen) atoms. The van der Waals surface area contributed by atoms with Crippen LogP contribution in [0.1, 0.15) is 54.9 Å². The van der Waals surface area contributed by atoms with Crippen LogP contribution in [0.3, 0.4) is 0 Å². The van der Waals surface area contributed by atoms with Gasteiger partial charge >= 0.3 is 11.7 Å². The number of carbonyl (C=O) groups excluding carboxylic acids is 1. The fourth-order valence-electron chi connectivity index (χ4n) is 3.48. The number of aromatic nitrogens is 5. The van der Waals surface area contributed by atoms with Crippen LogP contribution in [0.4, 0.5) is 0 Å². The molecular formula is C19H23N5O5. The molecule has 3 aromatic heterocycles. The molecule has 1 atom stereocenters. The van der Waals surface area contributed by atoms with Gasteiger partial charge in [0, 0.05) is 19.3 Å². The van der Waals surface area contributed by atoms with Crippen LogP contribution in [0.2, 0.25) is 0 Å². The Morgan fingerprint density at radius 1 is 1.38 bits per heavy atom. The highest BCUT2D eigenvalue weighted by Crippen LogP contribution is 2.27. The molecule has 1 aliphatic rings. The van der Waals surface area contributed by atoms with Crippen molar-refractivity contribution < 1.29 is 18.8 Å². The molecule has 1 saturated heterocycles. The minimum absolute atomic E-state index is 0.100. The van der Waals surface area contributed by atoms with Gasteiger partial charge in [-0.1, -0.05) is 19.0 Å². The van der Waals surface area contributed by atoms with E-state index in [1.165, 1.54) is 17.9 Å². The molecule has 3 aromatic rings. The van der Waals surface area contributed by atoms with E-state index in [4.69, 9.17) is 14.0 Å². The first-order chi connectivity index (χ1) is 14.0. The zero-order valence-electron chi connectivity index (χ0n) is 16.6. The third kappa shape index (κ3) is 3.67. The van der Waals surface area contributed by atoms with Gasteiger partial charge in [0.1, 0.15) is 6.10 Å². The Morgan fingerprint density at radius 3 is 2.90 bits per heavy atom. The lowest BCUT2D eigenvalue weighted by Crippen LogP contribution is -2.26. The van der Waals surface area contributed by atoms with Crippen molar-refractivity contribution in [2.45, 2.75) is 45.9 Å². The summed E-state index contributed by atoms with van der Waals surface area (Å²) in [6.07, 6.45) is 3.01. The number of fused-ring (bicyclic) bond motifs is 1. The van der Waals surface area contributed by atoms with Crippen LogP contribution in [0.25, 0.3) is 11.2 Å². The van der Waals surface area contributed by atoms with Crippen molar-refractivity contribution in [1.29, 1.82) is 0 Å². The number of hydrogen-bond donors (Lipinski definition) is 0. The molecule has 0 amide bonds. The molecular weight excluding hydrogens is 378 g/mol. The van der Waals surface area contributed by atoms with E-state index in [-0.39, 0.29) is 29.8 Å². The molecule has 154 valence electrons. The summed E-state index contributed by atoms with van der Waals surface area (Å²) in [6.45, 7) is 5.31. The summed E-state index contributed by atoms with van der Waals surface area (Å²) < 4.78 is 18.8. The highest BCUT2D eigenvalue weighted by molar-refractivity contribution is 5.92. The Hall–Kier alpha value is -3.01. The highest BCUT2D eigenvalue weighted by Gasteiger charge is 2.25. The lowest BCUT2D eigenvalue weighted by Gasteiger charge is -2.05. The topological polar surface area (TPSA) is 114 Å². The van der Waals surface area contributed by atoms with Gasteiger partial charge < -0.3 is 14.0 Å². The van der Waals surface area contributed by atoms with Crippen LogP contribution >= 0.6 is 0 Å². The van der Waals surface area contributed by atoms with Gasteiger partial charge in [0.2, 0.25) is 0 Å². The minimum Gasteiger partial charge on any atom is -0.465 e. The molecule has 0 saturated carbocycles. The van der Waals surface area contributed by atoms with E-state index in [0.29, 0.717) is 36.0 Å².